The van der Waals surface area contributed by atoms with Gasteiger partial charge in [-0.25, -0.2) is 4.68 Å². The number of para-hydroxylation sites is 1. The molecule has 4 aromatic rings. The van der Waals surface area contributed by atoms with Gasteiger partial charge in [0.1, 0.15) is 5.75 Å². The van der Waals surface area contributed by atoms with E-state index in [1.807, 2.05) is 47.4 Å². The lowest BCUT2D eigenvalue weighted by Gasteiger charge is -2.32. The molecule has 1 amide bonds. The van der Waals surface area contributed by atoms with E-state index in [0.717, 1.165) is 18.4 Å². The van der Waals surface area contributed by atoms with E-state index in [2.05, 4.69) is 20.5 Å². The molecule has 162 valence electrons. The zero-order valence-electron chi connectivity index (χ0n) is 17.6. The molecule has 0 aliphatic carbocycles. The van der Waals surface area contributed by atoms with Gasteiger partial charge in [-0.3, -0.25) is 4.79 Å². The largest absolute Gasteiger partial charge is 0.496 e. The number of nitrogens with zero attached hydrogens (tertiary/aromatic N) is 6. The average Bonchev–Trinajstić information content (AvgIpc) is 3.54. The number of aromatic nitrogens is 5. The highest BCUT2D eigenvalue weighted by molar-refractivity contribution is 5.97. The van der Waals surface area contributed by atoms with Crippen molar-refractivity contribution in [1.29, 1.82) is 0 Å². The van der Waals surface area contributed by atoms with Crippen molar-refractivity contribution >= 4 is 5.91 Å². The van der Waals surface area contributed by atoms with Crippen LogP contribution in [-0.4, -0.2) is 56.1 Å². The molecule has 1 aliphatic heterocycles. The fourth-order valence-corrected chi connectivity index (χ4v) is 3.93. The number of carbonyl (C=O) groups is 1. The average molecular weight is 430 g/mol. The molecule has 2 aromatic heterocycles. The molecular weight excluding hydrogens is 408 g/mol. The van der Waals surface area contributed by atoms with Crippen molar-refractivity contribution in [2.24, 2.45) is 0 Å². The quantitative estimate of drug-likeness (QED) is 0.478. The first-order chi connectivity index (χ1) is 15.7. The number of benzene rings is 2. The normalized spacial score (nSPS) is 16.2. The molecule has 32 heavy (non-hydrogen) atoms. The van der Waals surface area contributed by atoms with Crippen molar-refractivity contribution in [3.8, 4) is 28.7 Å². The van der Waals surface area contributed by atoms with E-state index in [4.69, 9.17) is 9.26 Å². The molecule has 0 radical (unpaired) electrons. The minimum atomic E-state index is -0.0445. The highest BCUT2D eigenvalue weighted by Crippen LogP contribution is 2.27. The molecule has 5 rings (SSSR count). The van der Waals surface area contributed by atoms with Crippen LogP contribution in [0.15, 0.2) is 65.3 Å². The lowest BCUT2D eigenvalue weighted by atomic mass is 10.0. The van der Waals surface area contributed by atoms with E-state index < -0.39 is 0 Å². The summed E-state index contributed by atoms with van der Waals surface area (Å²) in [6.07, 6.45) is 3.57. The Morgan fingerprint density at radius 3 is 2.78 bits per heavy atom. The van der Waals surface area contributed by atoms with E-state index in [-0.39, 0.29) is 11.9 Å². The molecule has 9 heteroatoms. The van der Waals surface area contributed by atoms with E-state index in [1.54, 1.807) is 30.1 Å². The van der Waals surface area contributed by atoms with Crippen LogP contribution in [0.25, 0.3) is 23.0 Å². The number of rotatable bonds is 5. The van der Waals surface area contributed by atoms with Crippen molar-refractivity contribution in [3.63, 3.8) is 0 Å². The number of carbonyl (C=O) groups excluding carboxylic acids is 1. The number of likely N-dealkylation sites (tertiary alicyclic amines) is 1. The van der Waals surface area contributed by atoms with Crippen molar-refractivity contribution in [2.45, 2.75) is 18.9 Å². The maximum absolute atomic E-state index is 13.1. The van der Waals surface area contributed by atoms with Crippen LogP contribution in [-0.2, 0) is 0 Å². The first kappa shape index (κ1) is 19.9. The third-order valence-corrected chi connectivity index (χ3v) is 5.58. The summed E-state index contributed by atoms with van der Waals surface area (Å²) in [6, 6.07) is 16.9. The molecule has 0 saturated carbocycles. The molecule has 1 aliphatic rings. The van der Waals surface area contributed by atoms with Gasteiger partial charge in [-0.2, -0.15) is 4.98 Å². The Morgan fingerprint density at radius 2 is 1.94 bits per heavy atom. The van der Waals surface area contributed by atoms with Gasteiger partial charge in [-0.1, -0.05) is 52.8 Å². The standard InChI is InChI=1S/C23H22N6O3/c1-31-20-12-6-5-11-18(20)23(30)28-13-7-10-17(14-28)29-15-19(25-27-29)22-24-21(26-32-22)16-8-3-2-4-9-16/h2-6,8-9,11-12,15,17H,7,10,13-14H2,1H3. The van der Waals surface area contributed by atoms with Gasteiger partial charge in [0.25, 0.3) is 11.8 Å². The van der Waals surface area contributed by atoms with Gasteiger partial charge in [-0.15, -0.1) is 5.10 Å². The Morgan fingerprint density at radius 1 is 1.12 bits per heavy atom. The van der Waals surface area contributed by atoms with Gasteiger partial charge < -0.3 is 14.2 Å². The summed E-state index contributed by atoms with van der Waals surface area (Å²) in [7, 11) is 1.57. The van der Waals surface area contributed by atoms with Crippen molar-refractivity contribution in [3.05, 3.63) is 66.4 Å². The van der Waals surface area contributed by atoms with E-state index in [9.17, 15) is 4.79 Å². The minimum absolute atomic E-state index is 0.0140. The second-order valence-corrected chi connectivity index (χ2v) is 7.62. The fraction of sp³-hybridized carbons (Fsp3) is 0.261. The number of methoxy groups -OCH3 is 1. The summed E-state index contributed by atoms with van der Waals surface area (Å²) in [5, 5.41) is 12.5. The Labute approximate surface area is 184 Å². The SMILES string of the molecule is COc1ccccc1C(=O)N1CCCC(n2cc(-c3nc(-c4ccccc4)no3)nn2)C1. The number of ether oxygens (including phenoxy) is 1. The van der Waals surface area contributed by atoms with Gasteiger partial charge in [0, 0.05) is 18.7 Å². The summed E-state index contributed by atoms with van der Waals surface area (Å²) in [5.74, 6) is 1.35. The first-order valence-corrected chi connectivity index (χ1v) is 10.5. The summed E-state index contributed by atoms with van der Waals surface area (Å²) in [5.41, 5.74) is 1.94. The lowest BCUT2D eigenvalue weighted by molar-refractivity contribution is 0.0668. The first-order valence-electron chi connectivity index (χ1n) is 10.5. The molecule has 1 fully saturated rings. The van der Waals surface area contributed by atoms with Gasteiger partial charge in [0.15, 0.2) is 5.69 Å². The Hall–Kier alpha value is -4.01. The zero-order valence-corrected chi connectivity index (χ0v) is 17.6. The van der Waals surface area contributed by atoms with E-state index in [1.165, 1.54) is 0 Å². The molecule has 1 unspecified atom stereocenters. The molecule has 1 atom stereocenters. The second-order valence-electron chi connectivity index (χ2n) is 7.62. The second kappa shape index (κ2) is 8.62. The molecule has 1 saturated heterocycles. The maximum atomic E-state index is 13.1. The molecule has 0 bridgehead atoms. The van der Waals surface area contributed by atoms with Crippen molar-refractivity contribution in [2.75, 3.05) is 20.2 Å². The third-order valence-electron chi connectivity index (χ3n) is 5.58. The Kier molecular flexibility index (Phi) is 5.37. The van der Waals surface area contributed by atoms with Crippen LogP contribution >= 0.6 is 0 Å². The van der Waals surface area contributed by atoms with Crippen LogP contribution in [0.5, 0.6) is 5.75 Å². The van der Waals surface area contributed by atoms with Crippen molar-refractivity contribution < 1.29 is 14.1 Å². The summed E-state index contributed by atoms with van der Waals surface area (Å²) < 4.78 is 12.5. The molecule has 0 N–H and O–H groups in total. The minimum Gasteiger partial charge on any atom is -0.496 e. The zero-order chi connectivity index (χ0) is 21.9. The number of hydrogen-bond donors (Lipinski definition) is 0. The monoisotopic (exact) mass is 430 g/mol. The molecule has 2 aromatic carbocycles. The van der Waals surface area contributed by atoms with Gasteiger partial charge in [-0.05, 0) is 25.0 Å². The maximum Gasteiger partial charge on any atom is 0.280 e. The van der Waals surface area contributed by atoms with Gasteiger partial charge in [0.05, 0.1) is 24.9 Å². The smallest absolute Gasteiger partial charge is 0.280 e. The van der Waals surface area contributed by atoms with Crippen LogP contribution in [0.1, 0.15) is 29.2 Å². The van der Waals surface area contributed by atoms with Crippen LogP contribution in [0, 0.1) is 0 Å². The predicted octanol–water partition coefficient (Wildman–Crippen LogP) is 3.48. The van der Waals surface area contributed by atoms with E-state index in [0.29, 0.717) is 41.8 Å². The van der Waals surface area contributed by atoms with Gasteiger partial charge in [0.2, 0.25) is 5.82 Å². The molecule has 0 spiro atoms. The molecule has 9 nitrogen and oxygen atoms in total. The van der Waals surface area contributed by atoms with Crippen LogP contribution in [0.4, 0.5) is 0 Å². The summed E-state index contributed by atoms with van der Waals surface area (Å²) >= 11 is 0. The Bertz CT molecular complexity index is 1220. The van der Waals surface area contributed by atoms with Crippen molar-refractivity contribution in [1.82, 2.24) is 30.0 Å². The van der Waals surface area contributed by atoms with Crippen LogP contribution in [0.3, 0.4) is 0 Å². The van der Waals surface area contributed by atoms with Crippen LogP contribution in [0.2, 0.25) is 0 Å². The Balaban J connectivity index is 1.32. The fourth-order valence-electron chi connectivity index (χ4n) is 3.93. The highest BCUT2D eigenvalue weighted by Gasteiger charge is 2.28. The molecular formula is C23H22N6O3. The third kappa shape index (κ3) is 3.84. The van der Waals surface area contributed by atoms with Crippen LogP contribution < -0.4 is 4.74 Å². The number of hydrogen-bond acceptors (Lipinski definition) is 7. The van der Waals surface area contributed by atoms with Gasteiger partial charge >= 0.3 is 0 Å². The predicted molar refractivity (Wildman–Crippen MR) is 116 cm³/mol. The summed E-state index contributed by atoms with van der Waals surface area (Å²) in [6.45, 7) is 1.23. The molecule has 3 heterocycles. The number of piperidine rings is 1. The van der Waals surface area contributed by atoms with E-state index >= 15 is 0 Å². The topological polar surface area (TPSA) is 99.2 Å². The highest BCUT2D eigenvalue weighted by atomic mass is 16.5. The summed E-state index contributed by atoms with van der Waals surface area (Å²) in [4.78, 5) is 19.4. The number of amides is 1. The lowest BCUT2D eigenvalue weighted by Crippen LogP contribution is -2.41.